The SMILES string of the molecule is CCCC(C)(N)C(=O)Nc1cccc(NS(=O)(=O)c2ccccc2)c1.Cl. The lowest BCUT2D eigenvalue weighted by Crippen LogP contribution is -2.48. The quantitative estimate of drug-likeness (QED) is 0.666. The third-order valence-electron chi connectivity index (χ3n) is 3.71. The van der Waals surface area contributed by atoms with Gasteiger partial charge in [0.1, 0.15) is 0 Å². The highest BCUT2D eigenvalue weighted by Gasteiger charge is 2.27. The first-order valence-electron chi connectivity index (χ1n) is 8.03. The van der Waals surface area contributed by atoms with Crippen LogP contribution in [0.15, 0.2) is 59.5 Å². The van der Waals surface area contributed by atoms with Gasteiger partial charge in [0.15, 0.2) is 0 Å². The molecule has 1 unspecified atom stereocenters. The van der Waals surface area contributed by atoms with E-state index < -0.39 is 15.6 Å². The summed E-state index contributed by atoms with van der Waals surface area (Å²) in [6, 6.07) is 14.6. The van der Waals surface area contributed by atoms with Crippen molar-refractivity contribution < 1.29 is 13.2 Å². The number of hydrogen-bond donors (Lipinski definition) is 3. The summed E-state index contributed by atoms with van der Waals surface area (Å²) in [5, 5.41) is 2.73. The van der Waals surface area contributed by atoms with Crippen LogP contribution in [0, 0.1) is 0 Å². The number of nitrogens with one attached hydrogen (secondary N) is 2. The minimum absolute atomic E-state index is 0. The van der Waals surface area contributed by atoms with Crippen molar-refractivity contribution in [2.24, 2.45) is 5.73 Å². The van der Waals surface area contributed by atoms with Gasteiger partial charge in [-0.05, 0) is 43.7 Å². The van der Waals surface area contributed by atoms with Gasteiger partial charge < -0.3 is 11.1 Å². The van der Waals surface area contributed by atoms with Crippen LogP contribution in [0.1, 0.15) is 26.7 Å². The van der Waals surface area contributed by atoms with Gasteiger partial charge in [0, 0.05) is 5.69 Å². The van der Waals surface area contributed by atoms with Crippen LogP contribution in [0.4, 0.5) is 11.4 Å². The first kappa shape index (κ1) is 22.0. The summed E-state index contributed by atoms with van der Waals surface area (Å²) in [4.78, 5) is 12.4. The van der Waals surface area contributed by atoms with Crippen molar-refractivity contribution in [2.45, 2.75) is 37.1 Å². The number of nitrogens with two attached hydrogens (primary N) is 1. The zero-order valence-corrected chi connectivity index (χ0v) is 16.4. The van der Waals surface area contributed by atoms with E-state index in [0.29, 0.717) is 17.8 Å². The largest absolute Gasteiger partial charge is 0.324 e. The molecule has 0 aliphatic rings. The van der Waals surface area contributed by atoms with Crippen LogP contribution in [-0.4, -0.2) is 19.9 Å². The number of halogens is 1. The molecule has 0 bridgehead atoms. The highest BCUT2D eigenvalue weighted by Crippen LogP contribution is 2.20. The van der Waals surface area contributed by atoms with Gasteiger partial charge in [-0.25, -0.2) is 8.42 Å². The van der Waals surface area contributed by atoms with Crippen molar-refractivity contribution in [1.82, 2.24) is 0 Å². The smallest absolute Gasteiger partial charge is 0.261 e. The molecule has 0 radical (unpaired) electrons. The molecule has 0 spiro atoms. The summed E-state index contributed by atoms with van der Waals surface area (Å²) in [6.45, 7) is 3.63. The van der Waals surface area contributed by atoms with E-state index in [1.165, 1.54) is 12.1 Å². The van der Waals surface area contributed by atoms with Crippen LogP contribution in [-0.2, 0) is 14.8 Å². The number of amides is 1. The van der Waals surface area contributed by atoms with Gasteiger partial charge in [0.2, 0.25) is 5.91 Å². The predicted molar refractivity (Wildman–Crippen MR) is 107 cm³/mol. The van der Waals surface area contributed by atoms with E-state index in [1.54, 1.807) is 49.4 Å². The summed E-state index contributed by atoms with van der Waals surface area (Å²) in [5.74, 6) is -0.308. The normalized spacial score (nSPS) is 13.2. The highest BCUT2D eigenvalue weighted by atomic mass is 35.5. The zero-order chi connectivity index (χ0) is 18.5. The van der Waals surface area contributed by atoms with E-state index in [-0.39, 0.29) is 23.2 Å². The number of rotatable bonds is 7. The second-order valence-electron chi connectivity index (χ2n) is 6.12. The van der Waals surface area contributed by atoms with E-state index in [9.17, 15) is 13.2 Å². The van der Waals surface area contributed by atoms with Crippen molar-refractivity contribution in [1.29, 1.82) is 0 Å². The Morgan fingerprint density at radius 3 is 2.31 bits per heavy atom. The zero-order valence-electron chi connectivity index (χ0n) is 14.7. The lowest BCUT2D eigenvalue weighted by Gasteiger charge is -2.23. The molecule has 2 rings (SSSR count). The Morgan fingerprint density at radius 1 is 1.08 bits per heavy atom. The Labute approximate surface area is 160 Å². The van der Waals surface area contributed by atoms with Gasteiger partial charge in [-0.2, -0.15) is 0 Å². The lowest BCUT2D eigenvalue weighted by atomic mass is 9.96. The molecular weight excluding hydrogens is 374 g/mol. The number of benzene rings is 2. The van der Waals surface area contributed by atoms with E-state index in [0.717, 1.165) is 6.42 Å². The maximum atomic E-state index is 12.4. The molecule has 0 aliphatic carbocycles. The van der Waals surface area contributed by atoms with Gasteiger partial charge in [0.25, 0.3) is 10.0 Å². The number of carbonyl (C=O) groups is 1. The Kier molecular flexibility index (Phi) is 7.62. The van der Waals surface area contributed by atoms with E-state index in [1.807, 2.05) is 6.92 Å². The molecule has 0 aliphatic heterocycles. The third kappa shape index (κ3) is 5.72. The fraction of sp³-hybridized carbons (Fsp3) is 0.278. The van der Waals surface area contributed by atoms with Crippen molar-refractivity contribution >= 4 is 39.7 Å². The van der Waals surface area contributed by atoms with Crippen molar-refractivity contribution in [3.05, 3.63) is 54.6 Å². The maximum Gasteiger partial charge on any atom is 0.261 e. The van der Waals surface area contributed by atoms with Gasteiger partial charge in [-0.15, -0.1) is 12.4 Å². The fourth-order valence-corrected chi connectivity index (χ4v) is 3.45. The average Bonchev–Trinajstić information content (AvgIpc) is 2.55. The first-order chi connectivity index (χ1) is 11.7. The standard InChI is InChI=1S/C18H23N3O3S.ClH/c1-3-12-18(2,19)17(22)20-14-8-7-9-15(13-14)21-25(23,24)16-10-5-4-6-11-16;/h4-11,13,21H,3,12,19H2,1-2H3,(H,20,22);1H. The molecule has 1 amide bonds. The van der Waals surface area contributed by atoms with Crippen LogP contribution in [0.3, 0.4) is 0 Å². The first-order valence-corrected chi connectivity index (χ1v) is 9.51. The average molecular weight is 398 g/mol. The summed E-state index contributed by atoms with van der Waals surface area (Å²) in [6.07, 6.45) is 1.34. The Hall–Kier alpha value is -2.09. The van der Waals surface area contributed by atoms with Crippen LogP contribution < -0.4 is 15.8 Å². The third-order valence-corrected chi connectivity index (χ3v) is 5.11. The van der Waals surface area contributed by atoms with Crippen molar-refractivity contribution in [3.8, 4) is 0 Å². The van der Waals surface area contributed by atoms with Crippen molar-refractivity contribution in [2.75, 3.05) is 10.0 Å². The molecule has 142 valence electrons. The molecule has 0 saturated carbocycles. The second-order valence-corrected chi connectivity index (χ2v) is 7.80. The maximum absolute atomic E-state index is 12.4. The molecule has 0 fully saturated rings. The van der Waals surface area contributed by atoms with E-state index in [4.69, 9.17) is 5.73 Å². The van der Waals surface area contributed by atoms with E-state index >= 15 is 0 Å². The summed E-state index contributed by atoms with van der Waals surface area (Å²) < 4.78 is 27.2. The summed E-state index contributed by atoms with van der Waals surface area (Å²) in [7, 11) is -3.68. The van der Waals surface area contributed by atoms with Gasteiger partial charge in [-0.3, -0.25) is 9.52 Å². The van der Waals surface area contributed by atoms with Crippen LogP contribution in [0.5, 0.6) is 0 Å². The lowest BCUT2D eigenvalue weighted by molar-refractivity contribution is -0.120. The summed E-state index contributed by atoms with van der Waals surface area (Å²) in [5.41, 5.74) is 5.87. The molecule has 26 heavy (non-hydrogen) atoms. The monoisotopic (exact) mass is 397 g/mol. The van der Waals surface area contributed by atoms with Crippen molar-refractivity contribution in [3.63, 3.8) is 0 Å². The number of sulfonamides is 1. The molecule has 4 N–H and O–H groups in total. The molecule has 1 atom stereocenters. The van der Waals surface area contributed by atoms with Gasteiger partial charge in [-0.1, -0.05) is 37.6 Å². The minimum Gasteiger partial charge on any atom is -0.324 e. The second kappa shape index (κ2) is 9.02. The molecule has 0 saturated heterocycles. The molecule has 8 heteroatoms. The highest BCUT2D eigenvalue weighted by molar-refractivity contribution is 7.92. The molecular formula is C18H24ClN3O3S. The summed E-state index contributed by atoms with van der Waals surface area (Å²) >= 11 is 0. The Morgan fingerprint density at radius 2 is 1.69 bits per heavy atom. The van der Waals surface area contributed by atoms with E-state index in [2.05, 4.69) is 10.0 Å². The van der Waals surface area contributed by atoms with Gasteiger partial charge >= 0.3 is 0 Å². The molecule has 6 nitrogen and oxygen atoms in total. The van der Waals surface area contributed by atoms with Crippen LogP contribution >= 0.6 is 12.4 Å². The fourth-order valence-electron chi connectivity index (χ4n) is 2.38. The van der Waals surface area contributed by atoms with Gasteiger partial charge in [0.05, 0.1) is 16.1 Å². The molecule has 2 aromatic rings. The molecule has 0 aromatic heterocycles. The minimum atomic E-state index is -3.68. The van der Waals surface area contributed by atoms with Crippen LogP contribution in [0.2, 0.25) is 0 Å². The predicted octanol–water partition coefficient (Wildman–Crippen LogP) is 3.37. The molecule has 2 aromatic carbocycles. The van der Waals surface area contributed by atoms with Crippen LogP contribution in [0.25, 0.3) is 0 Å². The number of carbonyl (C=O) groups excluding carboxylic acids is 1. The Balaban J connectivity index is 0.00000338. The number of hydrogen-bond acceptors (Lipinski definition) is 4. The number of anilines is 2. The molecule has 0 heterocycles. The Bertz CT molecular complexity index is 840. The topological polar surface area (TPSA) is 101 Å².